The predicted octanol–water partition coefficient (Wildman–Crippen LogP) is 1.43. The first-order valence-corrected chi connectivity index (χ1v) is 4.29. The summed E-state index contributed by atoms with van der Waals surface area (Å²) in [5, 5.41) is 8.98. The molecule has 0 aliphatic rings. The van der Waals surface area contributed by atoms with Crippen molar-refractivity contribution in [2.45, 2.75) is 11.6 Å². The molecule has 0 aliphatic heterocycles. The van der Waals surface area contributed by atoms with Crippen LogP contribution in [-0.4, -0.2) is 16.3 Å². The second-order valence-corrected chi connectivity index (χ2v) is 2.79. The van der Waals surface area contributed by atoms with Gasteiger partial charge in [0.1, 0.15) is 5.03 Å². The standard InChI is InChI=1S/C7H8FNOS/c1-11-7-6(8)2-5(4-10)3-9-7/h2-3,10H,4H2,1H3. The molecule has 1 heterocycles. The third kappa shape index (κ3) is 1.91. The van der Waals surface area contributed by atoms with E-state index < -0.39 is 0 Å². The number of rotatable bonds is 2. The van der Waals surface area contributed by atoms with Gasteiger partial charge in [0.15, 0.2) is 5.82 Å². The van der Waals surface area contributed by atoms with Crippen molar-refractivity contribution in [2.24, 2.45) is 0 Å². The Kier molecular flexibility index (Phi) is 2.84. The van der Waals surface area contributed by atoms with Crippen LogP contribution in [0, 0.1) is 5.82 Å². The monoisotopic (exact) mass is 173 g/mol. The Bertz CT molecular complexity index is 254. The average Bonchev–Trinajstić information content (AvgIpc) is 2.04. The van der Waals surface area contributed by atoms with Crippen molar-refractivity contribution in [3.63, 3.8) is 0 Å². The molecule has 0 spiro atoms. The fourth-order valence-corrected chi connectivity index (χ4v) is 1.11. The number of aliphatic hydroxyl groups excluding tert-OH is 1. The summed E-state index contributed by atoms with van der Waals surface area (Å²) in [6.45, 7) is -0.168. The van der Waals surface area contributed by atoms with Crippen LogP contribution in [0.15, 0.2) is 17.3 Å². The van der Waals surface area contributed by atoms with E-state index in [2.05, 4.69) is 4.98 Å². The van der Waals surface area contributed by atoms with Gasteiger partial charge < -0.3 is 5.11 Å². The zero-order valence-electron chi connectivity index (χ0n) is 6.04. The molecule has 0 amide bonds. The number of hydrogen-bond acceptors (Lipinski definition) is 3. The largest absolute Gasteiger partial charge is 0.392 e. The minimum atomic E-state index is -0.371. The number of thioether (sulfide) groups is 1. The average molecular weight is 173 g/mol. The summed E-state index contributed by atoms with van der Waals surface area (Å²) in [4.78, 5) is 3.80. The molecular weight excluding hydrogens is 165 g/mol. The highest BCUT2D eigenvalue weighted by atomic mass is 32.2. The fourth-order valence-electron chi connectivity index (χ4n) is 0.702. The molecule has 1 aromatic heterocycles. The van der Waals surface area contributed by atoms with E-state index in [4.69, 9.17) is 5.11 Å². The number of pyridine rings is 1. The molecule has 2 nitrogen and oxygen atoms in total. The van der Waals surface area contributed by atoms with Crippen LogP contribution in [-0.2, 0) is 6.61 Å². The number of nitrogens with zero attached hydrogens (tertiary/aromatic N) is 1. The number of halogens is 1. The van der Waals surface area contributed by atoms with Gasteiger partial charge in [0.05, 0.1) is 6.61 Å². The van der Waals surface area contributed by atoms with Crippen molar-refractivity contribution in [3.8, 4) is 0 Å². The Hall–Kier alpha value is -0.610. The van der Waals surface area contributed by atoms with Crippen molar-refractivity contribution < 1.29 is 9.50 Å². The van der Waals surface area contributed by atoms with Gasteiger partial charge >= 0.3 is 0 Å². The summed E-state index contributed by atoms with van der Waals surface area (Å²) in [5.41, 5.74) is 0.500. The number of aliphatic hydroxyl groups is 1. The molecule has 0 bridgehead atoms. The molecule has 60 valence electrons. The molecule has 1 aromatic rings. The molecule has 1 N–H and O–H groups in total. The Morgan fingerprint density at radius 2 is 2.45 bits per heavy atom. The Morgan fingerprint density at radius 1 is 1.73 bits per heavy atom. The van der Waals surface area contributed by atoms with Gasteiger partial charge in [-0.2, -0.15) is 0 Å². The van der Waals surface area contributed by atoms with E-state index in [0.717, 1.165) is 0 Å². The van der Waals surface area contributed by atoms with Gasteiger partial charge in [-0.05, 0) is 17.9 Å². The predicted molar refractivity (Wildman–Crippen MR) is 41.9 cm³/mol. The van der Waals surface area contributed by atoms with E-state index in [1.165, 1.54) is 24.0 Å². The molecule has 11 heavy (non-hydrogen) atoms. The van der Waals surface area contributed by atoms with Crippen LogP contribution in [0.5, 0.6) is 0 Å². The zero-order chi connectivity index (χ0) is 8.27. The maximum Gasteiger partial charge on any atom is 0.155 e. The lowest BCUT2D eigenvalue weighted by Crippen LogP contribution is -1.90. The topological polar surface area (TPSA) is 33.1 Å². The van der Waals surface area contributed by atoms with Gasteiger partial charge in [-0.1, -0.05) is 0 Å². The molecule has 1 rings (SSSR count). The summed E-state index contributed by atoms with van der Waals surface area (Å²) >= 11 is 1.25. The lowest BCUT2D eigenvalue weighted by Gasteiger charge is -1.99. The highest BCUT2D eigenvalue weighted by Crippen LogP contribution is 2.16. The van der Waals surface area contributed by atoms with Crippen LogP contribution in [0.3, 0.4) is 0 Å². The van der Waals surface area contributed by atoms with Crippen molar-refractivity contribution in [3.05, 3.63) is 23.6 Å². The molecule has 4 heteroatoms. The fraction of sp³-hybridized carbons (Fsp3) is 0.286. The Labute approximate surface area is 68.5 Å². The quantitative estimate of drug-likeness (QED) is 0.687. The highest BCUT2D eigenvalue weighted by molar-refractivity contribution is 7.98. The molecule has 0 aliphatic carbocycles. The molecule has 0 saturated heterocycles. The van der Waals surface area contributed by atoms with Crippen molar-refractivity contribution in [1.29, 1.82) is 0 Å². The zero-order valence-corrected chi connectivity index (χ0v) is 6.86. The Morgan fingerprint density at radius 3 is 2.91 bits per heavy atom. The smallest absolute Gasteiger partial charge is 0.155 e. The lowest BCUT2D eigenvalue weighted by molar-refractivity contribution is 0.280. The normalized spacial score (nSPS) is 10.1. The number of aromatic nitrogens is 1. The minimum Gasteiger partial charge on any atom is -0.392 e. The van der Waals surface area contributed by atoms with Gasteiger partial charge in [-0.15, -0.1) is 11.8 Å². The van der Waals surface area contributed by atoms with Crippen LogP contribution in [0.25, 0.3) is 0 Å². The van der Waals surface area contributed by atoms with E-state index in [9.17, 15) is 4.39 Å². The van der Waals surface area contributed by atoms with E-state index in [-0.39, 0.29) is 12.4 Å². The van der Waals surface area contributed by atoms with Crippen LogP contribution in [0.4, 0.5) is 4.39 Å². The SMILES string of the molecule is CSc1ncc(CO)cc1F. The lowest BCUT2D eigenvalue weighted by atomic mass is 10.3. The third-order valence-electron chi connectivity index (χ3n) is 1.24. The van der Waals surface area contributed by atoms with Crippen LogP contribution in [0.2, 0.25) is 0 Å². The molecule has 0 aromatic carbocycles. The highest BCUT2D eigenvalue weighted by Gasteiger charge is 2.02. The van der Waals surface area contributed by atoms with E-state index in [1.807, 2.05) is 0 Å². The molecule has 0 fully saturated rings. The first-order chi connectivity index (χ1) is 5.27. The summed E-state index contributed by atoms with van der Waals surface area (Å²) < 4.78 is 12.8. The summed E-state index contributed by atoms with van der Waals surface area (Å²) in [6, 6.07) is 1.29. The van der Waals surface area contributed by atoms with Crippen LogP contribution >= 0.6 is 11.8 Å². The Balaban J connectivity index is 2.99. The van der Waals surface area contributed by atoms with Gasteiger partial charge in [-0.25, -0.2) is 9.37 Å². The summed E-state index contributed by atoms with van der Waals surface area (Å²) in [5.74, 6) is -0.371. The first kappa shape index (κ1) is 8.49. The van der Waals surface area contributed by atoms with E-state index in [1.54, 1.807) is 6.26 Å². The van der Waals surface area contributed by atoms with Crippen molar-refractivity contribution in [1.82, 2.24) is 4.98 Å². The third-order valence-corrected chi connectivity index (χ3v) is 1.93. The summed E-state index contributed by atoms with van der Waals surface area (Å²) in [6.07, 6.45) is 3.22. The molecule has 0 saturated carbocycles. The van der Waals surface area contributed by atoms with Gasteiger partial charge in [0.2, 0.25) is 0 Å². The summed E-state index contributed by atoms with van der Waals surface area (Å²) in [7, 11) is 0. The second-order valence-electron chi connectivity index (χ2n) is 1.99. The van der Waals surface area contributed by atoms with Gasteiger partial charge in [0, 0.05) is 6.20 Å². The van der Waals surface area contributed by atoms with Crippen molar-refractivity contribution >= 4 is 11.8 Å². The van der Waals surface area contributed by atoms with E-state index >= 15 is 0 Å². The molecule has 0 radical (unpaired) electrons. The minimum absolute atomic E-state index is 0.168. The van der Waals surface area contributed by atoms with Crippen LogP contribution in [0.1, 0.15) is 5.56 Å². The van der Waals surface area contributed by atoms with E-state index in [0.29, 0.717) is 10.6 Å². The van der Waals surface area contributed by atoms with Gasteiger partial charge in [0.25, 0.3) is 0 Å². The second kappa shape index (κ2) is 3.69. The maximum absolute atomic E-state index is 12.8. The van der Waals surface area contributed by atoms with Gasteiger partial charge in [-0.3, -0.25) is 0 Å². The first-order valence-electron chi connectivity index (χ1n) is 3.07. The molecular formula is C7H8FNOS. The van der Waals surface area contributed by atoms with Crippen molar-refractivity contribution in [2.75, 3.05) is 6.26 Å². The number of hydrogen-bond donors (Lipinski definition) is 1. The van der Waals surface area contributed by atoms with Crippen LogP contribution < -0.4 is 0 Å². The molecule has 0 atom stereocenters. The molecule has 0 unspecified atom stereocenters. The maximum atomic E-state index is 12.8.